The highest BCUT2D eigenvalue weighted by Crippen LogP contribution is 2.35. The molecule has 28 heavy (non-hydrogen) atoms. The van der Waals surface area contributed by atoms with Gasteiger partial charge in [-0.3, -0.25) is 4.98 Å². The van der Waals surface area contributed by atoms with Gasteiger partial charge in [-0.1, -0.05) is 41.9 Å². The van der Waals surface area contributed by atoms with Gasteiger partial charge in [0.15, 0.2) is 0 Å². The van der Waals surface area contributed by atoms with Gasteiger partial charge in [-0.25, -0.2) is 14.2 Å². The van der Waals surface area contributed by atoms with E-state index in [1.165, 1.54) is 38.6 Å². The van der Waals surface area contributed by atoms with Crippen LogP contribution in [0.15, 0.2) is 54.9 Å². The normalized spacial score (nSPS) is 11.7. The molecule has 0 fully saturated rings. The lowest BCUT2D eigenvalue weighted by Gasteiger charge is -2.14. The van der Waals surface area contributed by atoms with Crippen LogP contribution in [0.3, 0.4) is 0 Å². The number of pyridine rings is 2. The van der Waals surface area contributed by atoms with Crippen LogP contribution >= 0.6 is 11.6 Å². The zero-order valence-electron chi connectivity index (χ0n) is 15.4. The van der Waals surface area contributed by atoms with Gasteiger partial charge in [0.05, 0.1) is 24.6 Å². The van der Waals surface area contributed by atoms with Crippen molar-refractivity contribution in [1.82, 2.24) is 9.97 Å². The van der Waals surface area contributed by atoms with Crippen LogP contribution in [0, 0.1) is 0 Å². The van der Waals surface area contributed by atoms with Crippen LogP contribution < -0.4 is 4.74 Å². The number of carbonyl (C=O) groups is 1. The number of hydrogen-bond acceptors (Lipinski definition) is 5. The Morgan fingerprint density at radius 2 is 1.89 bits per heavy atom. The number of esters is 1. The number of hydrogen-bond donors (Lipinski definition) is 0. The van der Waals surface area contributed by atoms with Crippen molar-refractivity contribution < 1.29 is 18.7 Å². The molecule has 5 nitrogen and oxygen atoms in total. The molecule has 0 radical (unpaired) electrons. The van der Waals surface area contributed by atoms with Gasteiger partial charge in [0.1, 0.15) is 23.7 Å². The van der Waals surface area contributed by atoms with Crippen LogP contribution in [0.1, 0.15) is 34.7 Å². The maximum Gasteiger partial charge on any atom is 0.340 e. The second-order valence-corrected chi connectivity index (χ2v) is 6.43. The minimum Gasteiger partial charge on any atom is -0.494 e. The lowest BCUT2D eigenvalue weighted by atomic mass is 10.0. The van der Waals surface area contributed by atoms with E-state index in [-0.39, 0.29) is 23.0 Å². The third-order valence-corrected chi connectivity index (χ3v) is 4.32. The average molecular weight is 401 g/mol. The molecule has 0 amide bonds. The molecule has 1 unspecified atom stereocenters. The van der Waals surface area contributed by atoms with Crippen molar-refractivity contribution in [2.24, 2.45) is 0 Å². The van der Waals surface area contributed by atoms with Gasteiger partial charge in [0.25, 0.3) is 0 Å². The summed E-state index contributed by atoms with van der Waals surface area (Å²) >= 11 is 6.05. The third-order valence-electron chi connectivity index (χ3n) is 4.11. The molecule has 0 aliphatic rings. The van der Waals surface area contributed by atoms with Gasteiger partial charge in [-0.2, -0.15) is 0 Å². The number of rotatable bonds is 6. The van der Waals surface area contributed by atoms with E-state index in [0.29, 0.717) is 16.9 Å². The summed E-state index contributed by atoms with van der Waals surface area (Å²) in [5.41, 5.74) is 2.18. The first-order chi connectivity index (χ1) is 13.5. The Kier molecular flexibility index (Phi) is 6.21. The van der Waals surface area contributed by atoms with Crippen molar-refractivity contribution in [3.8, 4) is 16.9 Å². The predicted molar refractivity (Wildman–Crippen MR) is 104 cm³/mol. The zero-order chi connectivity index (χ0) is 20.1. The highest BCUT2D eigenvalue weighted by atomic mass is 35.5. The van der Waals surface area contributed by atoms with Crippen molar-refractivity contribution in [2.45, 2.75) is 19.7 Å². The minimum atomic E-state index is -1.28. The van der Waals surface area contributed by atoms with Gasteiger partial charge in [-0.05, 0) is 24.6 Å². The quantitative estimate of drug-likeness (QED) is 0.420. The first-order valence-electron chi connectivity index (χ1n) is 8.54. The number of carbonyl (C=O) groups excluding carboxylic acids is 1. The largest absolute Gasteiger partial charge is 0.494 e. The number of alkyl halides is 1. The first-order valence-corrected chi connectivity index (χ1v) is 8.92. The Balaban J connectivity index is 1.99. The Bertz CT molecular complexity index is 981. The molecule has 0 spiro atoms. The highest BCUT2D eigenvalue weighted by Gasteiger charge is 2.20. The van der Waals surface area contributed by atoms with Gasteiger partial charge < -0.3 is 9.47 Å². The Hall–Kier alpha value is -2.99. The van der Waals surface area contributed by atoms with Gasteiger partial charge in [0, 0.05) is 17.3 Å². The summed E-state index contributed by atoms with van der Waals surface area (Å²) in [6.07, 6.45) is 1.47. The van der Waals surface area contributed by atoms with E-state index in [0.717, 1.165) is 5.56 Å². The first kappa shape index (κ1) is 19.8. The lowest BCUT2D eigenvalue weighted by Crippen LogP contribution is -2.08. The number of methoxy groups -OCH3 is 1. The Morgan fingerprint density at radius 1 is 1.14 bits per heavy atom. The molecule has 2 heterocycles. The molecule has 0 aliphatic carbocycles. The van der Waals surface area contributed by atoms with Crippen molar-refractivity contribution in [1.29, 1.82) is 0 Å². The molecule has 0 saturated heterocycles. The summed E-state index contributed by atoms with van der Waals surface area (Å²) in [7, 11) is 1.47. The Labute approximate surface area is 167 Å². The van der Waals surface area contributed by atoms with Crippen molar-refractivity contribution in [3.05, 3.63) is 76.8 Å². The maximum atomic E-state index is 13.8. The number of aromatic nitrogens is 2. The van der Waals surface area contributed by atoms with Crippen molar-refractivity contribution in [3.63, 3.8) is 0 Å². The lowest BCUT2D eigenvalue weighted by molar-refractivity contribution is 0.0473. The molecular formula is C21H18ClFN2O3. The van der Waals surface area contributed by atoms with E-state index in [9.17, 15) is 9.18 Å². The van der Waals surface area contributed by atoms with Crippen LogP contribution in [0.5, 0.6) is 5.75 Å². The summed E-state index contributed by atoms with van der Waals surface area (Å²) in [5.74, 6) is -0.194. The van der Waals surface area contributed by atoms with Gasteiger partial charge in [0.2, 0.25) is 0 Å². The van der Waals surface area contributed by atoms with Crippen LogP contribution in [0.25, 0.3) is 11.1 Å². The van der Waals surface area contributed by atoms with E-state index >= 15 is 0 Å². The molecule has 3 rings (SSSR count). The van der Waals surface area contributed by atoms with Crippen LogP contribution in [-0.2, 0) is 11.3 Å². The molecule has 7 heteroatoms. The second-order valence-electron chi connectivity index (χ2n) is 6.04. The molecule has 1 atom stereocenters. The van der Waals surface area contributed by atoms with Crippen molar-refractivity contribution >= 4 is 17.6 Å². The van der Waals surface area contributed by atoms with E-state index < -0.39 is 12.1 Å². The van der Waals surface area contributed by atoms with Crippen LogP contribution in [-0.4, -0.2) is 23.0 Å². The molecule has 2 aromatic heterocycles. The van der Waals surface area contributed by atoms with Crippen LogP contribution in [0.4, 0.5) is 4.39 Å². The van der Waals surface area contributed by atoms with E-state index in [4.69, 9.17) is 21.1 Å². The molecule has 1 aromatic carbocycles. The number of nitrogens with zero attached hydrogens (tertiary/aromatic N) is 2. The minimum absolute atomic E-state index is 0.113. The van der Waals surface area contributed by atoms with Gasteiger partial charge >= 0.3 is 5.97 Å². The Morgan fingerprint density at radius 3 is 2.57 bits per heavy atom. The van der Waals surface area contributed by atoms with E-state index in [1.54, 1.807) is 0 Å². The summed E-state index contributed by atoms with van der Waals surface area (Å²) in [4.78, 5) is 20.7. The van der Waals surface area contributed by atoms with Crippen LogP contribution in [0.2, 0.25) is 5.15 Å². The maximum absolute atomic E-state index is 13.8. The zero-order valence-corrected chi connectivity index (χ0v) is 16.1. The highest BCUT2D eigenvalue weighted by molar-refractivity contribution is 6.29. The molecule has 0 N–H and O–H groups in total. The number of halogens is 2. The summed E-state index contributed by atoms with van der Waals surface area (Å²) in [6.45, 7) is 1.50. The van der Waals surface area contributed by atoms with Crippen molar-refractivity contribution in [2.75, 3.05) is 7.11 Å². The molecular weight excluding hydrogens is 383 g/mol. The smallest absolute Gasteiger partial charge is 0.340 e. The van der Waals surface area contributed by atoms with E-state index in [2.05, 4.69) is 9.97 Å². The number of ether oxygens (including phenoxy) is 2. The fourth-order valence-corrected chi connectivity index (χ4v) is 2.82. The molecule has 3 aromatic rings. The molecule has 0 aliphatic heterocycles. The monoisotopic (exact) mass is 400 g/mol. The fraction of sp³-hybridized carbons (Fsp3) is 0.190. The van der Waals surface area contributed by atoms with E-state index in [1.807, 2.05) is 30.3 Å². The SMILES string of the molecule is COc1cnc(C(C)F)cc1-c1cc(Cl)ncc1C(=O)OCc1ccccc1. The summed E-state index contributed by atoms with van der Waals surface area (Å²) in [5, 5.41) is 0.184. The molecule has 144 valence electrons. The predicted octanol–water partition coefficient (Wildman–Crippen LogP) is 5.19. The van der Waals surface area contributed by atoms with Gasteiger partial charge in [-0.15, -0.1) is 0 Å². The summed E-state index contributed by atoms with van der Waals surface area (Å²) < 4.78 is 24.5. The number of benzene rings is 1. The fourth-order valence-electron chi connectivity index (χ4n) is 2.67. The molecule has 0 bridgehead atoms. The molecule has 0 saturated carbocycles. The standard InChI is InChI=1S/C21H18ClFN2O3/c1-13(23)18-8-16(19(27-2)11-24-18)15-9-20(22)25-10-17(15)21(26)28-12-14-6-4-3-5-7-14/h3-11,13H,12H2,1-2H3. The summed E-state index contributed by atoms with van der Waals surface area (Å²) in [6, 6.07) is 12.4. The third kappa shape index (κ3) is 4.46. The second kappa shape index (κ2) is 8.80. The topological polar surface area (TPSA) is 61.3 Å². The average Bonchev–Trinajstić information content (AvgIpc) is 2.72.